The number of aromatic nitrogens is 4. The summed E-state index contributed by atoms with van der Waals surface area (Å²) in [5, 5.41) is 3.97. The number of hydrogen-bond acceptors (Lipinski definition) is 5. The average Bonchev–Trinajstić information content (AvgIpc) is 3.26. The van der Waals surface area contributed by atoms with Crippen molar-refractivity contribution in [1.29, 1.82) is 0 Å². The standard InChI is InChI=1S/C18H20FN5O/c1-13-4-5-14(11-15(13)19)18-21-17(25-22-18)3-2-7-23-9-10-24-8-6-20-16(24)12-23/h4-6,8,11H,2-3,7,9-10,12H2,1H3. The molecule has 2 aromatic heterocycles. The zero-order valence-electron chi connectivity index (χ0n) is 14.2. The highest BCUT2D eigenvalue weighted by Gasteiger charge is 2.16. The Kier molecular flexibility index (Phi) is 4.31. The first-order valence-corrected chi connectivity index (χ1v) is 8.50. The molecule has 0 saturated heterocycles. The van der Waals surface area contributed by atoms with Gasteiger partial charge in [-0.1, -0.05) is 17.3 Å². The SMILES string of the molecule is Cc1ccc(-c2noc(CCCN3CCn4ccnc4C3)n2)cc1F. The lowest BCUT2D eigenvalue weighted by atomic mass is 10.1. The van der Waals surface area contributed by atoms with E-state index in [0.29, 0.717) is 29.3 Å². The second-order valence-corrected chi connectivity index (χ2v) is 6.39. The molecule has 1 aromatic carbocycles. The van der Waals surface area contributed by atoms with E-state index in [1.165, 1.54) is 6.07 Å². The first kappa shape index (κ1) is 16.0. The van der Waals surface area contributed by atoms with Crippen LogP contribution in [0.5, 0.6) is 0 Å². The Morgan fingerprint density at radius 1 is 1.28 bits per heavy atom. The fraction of sp³-hybridized carbons (Fsp3) is 0.389. The first-order chi connectivity index (χ1) is 12.2. The molecule has 0 unspecified atom stereocenters. The number of imidazole rings is 1. The number of hydrogen-bond donors (Lipinski definition) is 0. The fourth-order valence-corrected chi connectivity index (χ4v) is 3.07. The summed E-state index contributed by atoms with van der Waals surface area (Å²) in [6.07, 6.45) is 5.53. The van der Waals surface area contributed by atoms with Crippen LogP contribution in [0.3, 0.4) is 0 Å². The Balaban J connectivity index is 1.32. The quantitative estimate of drug-likeness (QED) is 0.714. The van der Waals surface area contributed by atoms with Crippen molar-refractivity contribution in [3.05, 3.63) is 53.7 Å². The summed E-state index contributed by atoms with van der Waals surface area (Å²) >= 11 is 0. The highest BCUT2D eigenvalue weighted by molar-refractivity contribution is 5.54. The minimum atomic E-state index is -0.257. The predicted octanol–water partition coefficient (Wildman–Crippen LogP) is 2.83. The van der Waals surface area contributed by atoms with Gasteiger partial charge in [0.15, 0.2) is 0 Å². The van der Waals surface area contributed by atoms with Crippen molar-refractivity contribution in [1.82, 2.24) is 24.6 Å². The third-order valence-corrected chi connectivity index (χ3v) is 4.59. The van der Waals surface area contributed by atoms with Crippen molar-refractivity contribution in [2.45, 2.75) is 32.9 Å². The Morgan fingerprint density at radius 2 is 2.20 bits per heavy atom. The molecule has 25 heavy (non-hydrogen) atoms. The molecule has 4 rings (SSSR count). The lowest BCUT2D eigenvalue weighted by molar-refractivity contribution is 0.212. The van der Waals surface area contributed by atoms with E-state index in [9.17, 15) is 4.39 Å². The van der Waals surface area contributed by atoms with Crippen molar-refractivity contribution >= 4 is 0 Å². The number of halogens is 1. The zero-order valence-corrected chi connectivity index (χ0v) is 14.2. The van der Waals surface area contributed by atoms with Crippen LogP contribution in [0, 0.1) is 12.7 Å². The molecule has 3 aromatic rings. The molecule has 1 aliphatic heterocycles. The highest BCUT2D eigenvalue weighted by Crippen LogP contribution is 2.19. The van der Waals surface area contributed by atoms with E-state index in [1.54, 1.807) is 13.0 Å². The molecule has 130 valence electrons. The van der Waals surface area contributed by atoms with E-state index in [1.807, 2.05) is 18.5 Å². The molecule has 0 saturated carbocycles. The predicted molar refractivity (Wildman–Crippen MR) is 90.3 cm³/mol. The topological polar surface area (TPSA) is 60.0 Å². The van der Waals surface area contributed by atoms with Gasteiger partial charge in [0.25, 0.3) is 0 Å². The van der Waals surface area contributed by atoms with Gasteiger partial charge >= 0.3 is 0 Å². The second-order valence-electron chi connectivity index (χ2n) is 6.39. The summed E-state index contributed by atoms with van der Waals surface area (Å²) in [7, 11) is 0. The Morgan fingerprint density at radius 3 is 3.08 bits per heavy atom. The van der Waals surface area contributed by atoms with E-state index in [0.717, 1.165) is 38.4 Å². The minimum Gasteiger partial charge on any atom is -0.339 e. The molecule has 0 amide bonds. The molecule has 6 nitrogen and oxygen atoms in total. The van der Waals surface area contributed by atoms with Crippen LogP contribution in [0.1, 0.15) is 23.7 Å². The molecule has 0 spiro atoms. The van der Waals surface area contributed by atoms with Crippen LogP contribution >= 0.6 is 0 Å². The summed E-state index contributed by atoms with van der Waals surface area (Å²) in [4.78, 5) is 11.1. The van der Waals surface area contributed by atoms with E-state index in [2.05, 4.69) is 24.6 Å². The molecule has 0 fully saturated rings. The smallest absolute Gasteiger partial charge is 0.227 e. The van der Waals surface area contributed by atoms with Gasteiger partial charge in [0.2, 0.25) is 11.7 Å². The third-order valence-electron chi connectivity index (χ3n) is 4.59. The monoisotopic (exact) mass is 341 g/mol. The van der Waals surface area contributed by atoms with Crippen LogP contribution in [0.25, 0.3) is 11.4 Å². The molecule has 0 bridgehead atoms. The number of aryl methyl sites for hydroxylation is 2. The minimum absolute atomic E-state index is 0.257. The maximum Gasteiger partial charge on any atom is 0.227 e. The Bertz CT molecular complexity index is 872. The zero-order chi connectivity index (χ0) is 17.2. The second kappa shape index (κ2) is 6.76. The van der Waals surface area contributed by atoms with E-state index in [4.69, 9.17) is 4.52 Å². The first-order valence-electron chi connectivity index (χ1n) is 8.50. The van der Waals surface area contributed by atoms with Crippen molar-refractivity contribution in [3.8, 4) is 11.4 Å². The maximum atomic E-state index is 13.7. The van der Waals surface area contributed by atoms with Crippen LogP contribution in [0.15, 0.2) is 35.1 Å². The normalized spacial score (nSPS) is 14.6. The molecule has 7 heteroatoms. The van der Waals surface area contributed by atoms with Gasteiger partial charge in [0.05, 0.1) is 6.54 Å². The number of rotatable bonds is 5. The van der Waals surface area contributed by atoms with Crippen LogP contribution in [0.2, 0.25) is 0 Å². The summed E-state index contributed by atoms with van der Waals surface area (Å²) in [6, 6.07) is 4.98. The summed E-state index contributed by atoms with van der Waals surface area (Å²) < 4.78 is 21.2. The number of nitrogens with zero attached hydrogens (tertiary/aromatic N) is 5. The van der Waals surface area contributed by atoms with Gasteiger partial charge in [0, 0.05) is 37.5 Å². The summed E-state index contributed by atoms with van der Waals surface area (Å²) in [5.41, 5.74) is 1.25. The van der Waals surface area contributed by atoms with Crippen LogP contribution in [0.4, 0.5) is 4.39 Å². The largest absolute Gasteiger partial charge is 0.339 e. The molecular weight excluding hydrogens is 321 g/mol. The summed E-state index contributed by atoms with van der Waals surface area (Å²) in [5.74, 6) is 1.89. The molecule has 0 atom stereocenters. The van der Waals surface area contributed by atoms with E-state index >= 15 is 0 Å². The number of fused-ring (bicyclic) bond motifs is 1. The lowest BCUT2D eigenvalue weighted by Crippen LogP contribution is -2.34. The van der Waals surface area contributed by atoms with Crippen molar-refractivity contribution in [3.63, 3.8) is 0 Å². The fourth-order valence-electron chi connectivity index (χ4n) is 3.07. The number of benzene rings is 1. The van der Waals surface area contributed by atoms with Crippen LogP contribution < -0.4 is 0 Å². The van der Waals surface area contributed by atoms with Gasteiger partial charge in [-0.2, -0.15) is 4.98 Å². The third kappa shape index (κ3) is 3.46. The average molecular weight is 341 g/mol. The van der Waals surface area contributed by atoms with E-state index < -0.39 is 0 Å². The molecule has 0 aliphatic carbocycles. The Labute approximate surface area is 145 Å². The van der Waals surface area contributed by atoms with Crippen molar-refractivity contribution in [2.24, 2.45) is 0 Å². The molecule has 0 N–H and O–H groups in total. The maximum absolute atomic E-state index is 13.7. The Hall–Kier alpha value is -2.54. The summed E-state index contributed by atoms with van der Waals surface area (Å²) in [6.45, 7) is 5.59. The van der Waals surface area contributed by atoms with Crippen molar-refractivity contribution < 1.29 is 8.91 Å². The molecular formula is C18H20FN5O. The van der Waals surface area contributed by atoms with Gasteiger partial charge in [-0.3, -0.25) is 4.90 Å². The highest BCUT2D eigenvalue weighted by atomic mass is 19.1. The van der Waals surface area contributed by atoms with Gasteiger partial charge in [-0.05, 0) is 31.5 Å². The van der Waals surface area contributed by atoms with E-state index in [-0.39, 0.29) is 5.82 Å². The van der Waals surface area contributed by atoms with Gasteiger partial charge in [-0.25, -0.2) is 9.37 Å². The molecule has 1 aliphatic rings. The van der Waals surface area contributed by atoms with Crippen LogP contribution in [-0.2, 0) is 19.5 Å². The molecule has 3 heterocycles. The van der Waals surface area contributed by atoms with Crippen LogP contribution in [-0.4, -0.2) is 37.7 Å². The van der Waals surface area contributed by atoms with Crippen molar-refractivity contribution in [2.75, 3.05) is 13.1 Å². The van der Waals surface area contributed by atoms with Gasteiger partial charge in [0.1, 0.15) is 11.6 Å². The molecule has 0 radical (unpaired) electrons. The van der Waals surface area contributed by atoms with Gasteiger partial charge in [-0.15, -0.1) is 0 Å². The lowest BCUT2D eigenvalue weighted by Gasteiger charge is -2.27. The van der Waals surface area contributed by atoms with Gasteiger partial charge < -0.3 is 9.09 Å².